The van der Waals surface area contributed by atoms with Gasteiger partial charge in [0.15, 0.2) is 0 Å². The maximum Gasteiger partial charge on any atom is 0.324 e. The fourth-order valence-electron chi connectivity index (χ4n) is 2.92. The van der Waals surface area contributed by atoms with Gasteiger partial charge in [-0.1, -0.05) is 35.4 Å². The first-order valence-electron chi connectivity index (χ1n) is 9.23. The molecule has 1 saturated heterocycles. The Morgan fingerprint density at radius 1 is 0.969 bits per heavy atom. The van der Waals surface area contributed by atoms with Crippen molar-refractivity contribution in [3.8, 4) is 0 Å². The van der Waals surface area contributed by atoms with Crippen LogP contribution in [0, 0.1) is 13.8 Å². The van der Waals surface area contributed by atoms with Crippen molar-refractivity contribution in [1.82, 2.24) is 4.31 Å². The minimum atomic E-state index is -4.18. The molecule has 2 aromatic rings. The third-order valence-corrected chi connectivity index (χ3v) is 7.87. The zero-order valence-electron chi connectivity index (χ0n) is 17.5. The van der Waals surface area contributed by atoms with Crippen LogP contribution >= 0.6 is 10.7 Å². The van der Waals surface area contributed by atoms with E-state index in [9.17, 15) is 30.4 Å². The van der Waals surface area contributed by atoms with Gasteiger partial charge in [-0.05, 0) is 38.1 Å². The molecule has 0 bridgehead atoms. The van der Waals surface area contributed by atoms with Gasteiger partial charge in [0.05, 0.1) is 23.4 Å². The molecule has 1 aliphatic rings. The van der Waals surface area contributed by atoms with Gasteiger partial charge in [-0.15, -0.1) is 0 Å². The summed E-state index contributed by atoms with van der Waals surface area (Å²) >= 11 is 0. The second-order valence-electron chi connectivity index (χ2n) is 7.21. The molecule has 1 heterocycles. The Morgan fingerprint density at radius 3 is 1.81 bits per heavy atom. The number of rotatable bonds is 4. The molecule has 176 valence electrons. The summed E-state index contributed by atoms with van der Waals surface area (Å²) in [6, 6.07) is 10.7. The van der Waals surface area contributed by atoms with E-state index in [0.29, 0.717) is 4.31 Å². The van der Waals surface area contributed by atoms with Gasteiger partial charge in [0, 0.05) is 17.1 Å². The summed E-state index contributed by atoms with van der Waals surface area (Å²) in [5, 5.41) is 0. The lowest BCUT2D eigenvalue weighted by atomic mass is 10.2. The monoisotopic (exact) mass is 509 g/mol. The molecule has 0 amide bonds. The van der Waals surface area contributed by atoms with Crippen LogP contribution in [0.3, 0.4) is 0 Å². The molecule has 2 aromatic carbocycles. The normalized spacial score (nSPS) is 18.5. The second-order valence-corrected chi connectivity index (χ2v) is 11.7. The SMILES string of the molecule is COC(=O)[C@@H]1CC(F)(F)CN1S(=O)(=O)c1ccc(C)cc1.Cc1ccc(S(=O)(=O)Cl)cc1. The molecule has 0 spiro atoms. The van der Waals surface area contributed by atoms with Gasteiger partial charge in [0.1, 0.15) is 6.04 Å². The van der Waals surface area contributed by atoms with Crippen LogP contribution in [0.5, 0.6) is 0 Å². The number of aryl methyl sites for hydroxylation is 2. The third-order valence-electron chi connectivity index (χ3n) is 4.63. The van der Waals surface area contributed by atoms with E-state index in [1.54, 1.807) is 31.2 Å². The Hall–Kier alpha value is -2.08. The Morgan fingerprint density at radius 2 is 1.41 bits per heavy atom. The number of sulfonamides is 1. The number of hydrogen-bond acceptors (Lipinski definition) is 6. The first kappa shape index (κ1) is 26.2. The predicted molar refractivity (Wildman–Crippen MR) is 115 cm³/mol. The summed E-state index contributed by atoms with van der Waals surface area (Å²) in [7, 11) is -1.61. The number of ether oxygens (including phenoxy) is 1. The van der Waals surface area contributed by atoms with Gasteiger partial charge in [-0.3, -0.25) is 4.79 Å². The molecule has 1 fully saturated rings. The Kier molecular flexibility index (Phi) is 8.03. The highest BCUT2D eigenvalue weighted by atomic mass is 35.7. The standard InChI is InChI=1S/C13H15F2NO4S.C7H7ClO2S/c1-9-3-5-10(6-4-9)21(18,19)16-8-13(14,15)7-11(16)12(17)20-2;1-6-2-4-7(5-3-6)11(8,9)10/h3-6,11H,7-8H2,1-2H3;2-5H,1H3/t11-;/m0./s1. The lowest BCUT2D eigenvalue weighted by Crippen LogP contribution is -2.41. The van der Waals surface area contributed by atoms with Gasteiger partial charge in [0.25, 0.3) is 15.0 Å². The summed E-state index contributed by atoms with van der Waals surface area (Å²) in [6.45, 7) is 2.63. The van der Waals surface area contributed by atoms with Crippen molar-refractivity contribution < 1.29 is 35.1 Å². The first-order chi connectivity index (χ1) is 14.7. The van der Waals surface area contributed by atoms with Gasteiger partial charge in [-0.2, -0.15) is 4.31 Å². The average molecular weight is 510 g/mol. The van der Waals surface area contributed by atoms with Crippen molar-refractivity contribution in [2.24, 2.45) is 0 Å². The highest BCUT2D eigenvalue weighted by Crippen LogP contribution is 2.36. The van der Waals surface area contributed by atoms with Crippen LogP contribution < -0.4 is 0 Å². The summed E-state index contributed by atoms with van der Waals surface area (Å²) in [5.41, 5.74) is 1.85. The van der Waals surface area contributed by atoms with E-state index in [4.69, 9.17) is 10.7 Å². The Bertz CT molecular complexity index is 1170. The molecular weight excluding hydrogens is 488 g/mol. The molecule has 0 aliphatic carbocycles. The number of nitrogens with zero attached hydrogens (tertiary/aromatic N) is 1. The zero-order valence-corrected chi connectivity index (χ0v) is 19.8. The maximum absolute atomic E-state index is 13.5. The molecule has 1 atom stereocenters. The smallest absolute Gasteiger partial charge is 0.324 e. The summed E-state index contributed by atoms with van der Waals surface area (Å²) in [6.07, 6.45) is -0.870. The number of carbonyl (C=O) groups excluding carboxylic acids is 1. The molecule has 0 N–H and O–H groups in total. The number of hydrogen-bond donors (Lipinski definition) is 0. The molecule has 7 nitrogen and oxygen atoms in total. The summed E-state index contributed by atoms with van der Waals surface area (Å²) in [5.74, 6) is -4.24. The molecule has 0 unspecified atom stereocenters. The van der Waals surface area contributed by atoms with Crippen LogP contribution in [0.2, 0.25) is 0 Å². The molecule has 3 rings (SSSR count). The highest BCUT2D eigenvalue weighted by molar-refractivity contribution is 8.13. The van der Waals surface area contributed by atoms with Crippen LogP contribution in [0.15, 0.2) is 58.3 Å². The van der Waals surface area contributed by atoms with Crippen LogP contribution in [-0.2, 0) is 28.6 Å². The number of alkyl halides is 2. The zero-order chi connectivity index (χ0) is 24.3. The van der Waals surface area contributed by atoms with E-state index in [1.807, 2.05) is 6.92 Å². The topological polar surface area (TPSA) is 97.8 Å². The van der Waals surface area contributed by atoms with Crippen molar-refractivity contribution in [2.75, 3.05) is 13.7 Å². The second kappa shape index (κ2) is 9.82. The number of carbonyl (C=O) groups is 1. The van der Waals surface area contributed by atoms with Crippen LogP contribution in [0.1, 0.15) is 17.5 Å². The van der Waals surface area contributed by atoms with E-state index in [0.717, 1.165) is 18.2 Å². The number of benzene rings is 2. The fraction of sp³-hybridized carbons (Fsp3) is 0.350. The van der Waals surface area contributed by atoms with E-state index in [2.05, 4.69) is 4.74 Å². The first-order valence-corrected chi connectivity index (χ1v) is 13.0. The van der Waals surface area contributed by atoms with Crippen LogP contribution in [0.4, 0.5) is 8.78 Å². The highest BCUT2D eigenvalue weighted by Gasteiger charge is 2.53. The summed E-state index contributed by atoms with van der Waals surface area (Å²) < 4.78 is 78.3. The largest absolute Gasteiger partial charge is 0.468 e. The van der Waals surface area contributed by atoms with Gasteiger partial charge >= 0.3 is 5.97 Å². The number of esters is 1. The van der Waals surface area contributed by atoms with Gasteiger partial charge in [-0.25, -0.2) is 25.6 Å². The minimum absolute atomic E-state index is 0.125. The fourth-order valence-corrected chi connectivity index (χ4v) is 5.30. The Labute approximate surface area is 190 Å². The Balaban J connectivity index is 0.000000278. The molecule has 0 aromatic heterocycles. The molecule has 12 heteroatoms. The van der Waals surface area contributed by atoms with Gasteiger partial charge < -0.3 is 4.74 Å². The van der Waals surface area contributed by atoms with Crippen molar-refractivity contribution >= 4 is 35.7 Å². The van der Waals surface area contributed by atoms with Crippen molar-refractivity contribution in [2.45, 2.75) is 42.0 Å². The van der Waals surface area contributed by atoms with E-state index >= 15 is 0 Å². The van der Waals surface area contributed by atoms with Gasteiger partial charge in [0.2, 0.25) is 10.0 Å². The van der Waals surface area contributed by atoms with Crippen LogP contribution in [0.25, 0.3) is 0 Å². The predicted octanol–water partition coefficient (Wildman–Crippen LogP) is 3.49. The minimum Gasteiger partial charge on any atom is -0.468 e. The third kappa shape index (κ3) is 6.47. The van der Waals surface area contributed by atoms with E-state index in [-0.39, 0.29) is 9.79 Å². The summed E-state index contributed by atoms with van der Waals surface area (Å²) in [4.78, 5) is 11.6. The van der Waals surface area contributed by atoms with Crippen molar-refractivity contribution in [1.29, 1.82) is 0 Å². The molecular formula is C20H22ClF2NO6S2. The molecule has 0 radical (unpaired) electrons. The average Bonchev–Trinajstić information content (AvgIpc) is 3.04. The van der Waals surface area contributed by atoms with Crippen molar-refractivity contribution in [3.63, 3.8) is 0 Å². The number of methoxy groups -OCH3 is 1. The van der Waals surface area contributed by atoms with E-state index < -0.39 is 50.0 Å². The lowest BCUT2D eigenvalue weighted by Gasteiger charge is -2.21. The molecule has 0 saturated carbocycles. The van der Waals surface area contributed by atoms with E-state index in [1.165, 1.54) is 24.3 Å². The molecule has 32 heavy (non-hydrogen) atoms. The number of halogens is 3. The lowest BCUT2D eigenvalue weighted by molar-refractivity contribution is -0.144. The quantitative estimate of drug-likeness (QED) is 0.462. The van der Waals surface area contributed by atoms with Crippen molar-refractivity contribution in [3.05, 3.63) is 59.7 Å². The molecule has 1 aliphatic heterocycles. The van der Waals surface area contributed by atoms with Crippen LogP contribution in [-0.4, -0.2) is 52.7 Å². The maximum atomic E-state index is 13.5.